The molecule has 2 rings (SSSR count). The van der Waals surface area contributed by atoms with Crippen molar-refractivity contribution in [2.45, 2.75) is 20.5 Å². The normalized spacial score (nSPS) is 10.1. The molecule has 0 unspecified atom stereocenters. The molecule has 0 saturated carbocycles. The Labute approximate surface area is 118 Å². The van der Waals surface area contributed by atoms with Crippen molar-refractivity contribution in [1.29, 1.82) is 0 Å². The molecule has 20 heavy (non-hydrogen) atoms. The van der Waals surface area contributed by atoms with Crippen LogP contribution in [-0.2, 0) is 11.3 Å². The minimum Gasteiger partial charge on any atom is -0.508 e. The van der Waals surface area contributed by atoms with E-state index in [-0.39, 0.29) is 12.4 Å². The van der Waals surface area contributed by atoms with Gasteiger partial charge in [-0.25, -0.2) is 4.79 Å². The first kappa shape index (κ1) is 13.9. The zero-order chi connectivity index (χ0) is 14.5. The fourth-order valence-electron chi connectivity index (χ4n) is 1.81. The molecule has 0 atom stereocenters. The Morgan fingerprint density at radius 2 is 1.80 bits per heavy atom. The lowest BCUT2D eigenvalue weighted by atomic mass is 10.1. The van der Waals surface area contributed by atoms with Gasteiger partial charge in [-0.05, 0) is 42.7 Å². The first-order chi connectivity index (χ1) is 9.58. The largest absolute Gasteiger partial charge is 0.508 e. The molecule has 0 spiro atoms. The summed E-state index contributed by atoms with van der Waals surface area (Å²) in [6.07, 6.45) is -0.512. The van der Waals surface area contributed by atoms with Crippen LogP contribution in [0.2, 0.25) is 0 Å². The van der Waals surface area contributed by atoms with Gasteiger partial charge in [-0.1, -0.05) is 30.3 Å². The smallest absolute Gasteiger partial charge is 0.411 e. The lowest BCUT2D eigenvalue weighted by Gasteiger charge is -2.12. The number of carbonyl (C=O) groups excluding carboxylic acids is 1. The van der Waals surface area contributed by atoms with Crippen LogP contribution in [0.1, 0.15) is 16.7 Å². The van der Waals surface area contributed by atoms with Crippen LogP contribution in [0.25, 0.3) is 0 Å². The third-order valence-corrected chi connectivity index (χ3v) is 3.21. The fraction of sp³-hybridized carbons (Fsp3) is 0.188. The van der Waals surface area contributed by atoms with E-state index in [9.17, 15) is 9.90 Å². The molecule has 0 saturated heterocycles. The van der Waals surface area contributed by atoms with E-state index >= 15 is 0 Å². The molecule has 0 radical (unpaired) electrons. The van der Waals surface area contributed by atoms with Crippen LogP contribution >= 0.6 is 0 Å². The third-order valence-electron chi connectivity index (χ3n) is 3.21. The molecular weight excluding hydrogens is 254 g/mol. The number of phenolic OH excluding ortho intramolecular Hbond substituents is 1. The average Bonchev–Trinajstić information content (AvgIpc) is 2.47. The van der Waals surface area contributed by atoms with E-state index in [1.54, 1.807) is 19.1 Å². The molecule has 0 aromatic heterocycles. The van der Waals surface area contributed by atoms with Crippen molar-refractivity contribution in [2.75, 3.05) is 5.32 Å². The molecule has 2 aromatic rings. The number of nitrogens with one attached hydrogen (secondary N) is 1. The summed E-state index contributed by atoms with van der Waals surface area (Å²) in [6, 6.07) is 12.7. The van der Waals surface area contributed by atoms with Crippen LogP contribution in [0.4, 0.5) is 10.5 Å². The Balaban J connectivity index is 1.97. The predicted octanol–water partition coefficient (Wildman–Crippen LogP) is 3.76. The summed E-state index contributed by atoms with van der Waals surface area (Å²) in [7, 11) is 0. The second-order valence-corrected chi connectivity index (χ2v) is 4.57. The van der Waals surface area contributed by atoms with Crippen LogP contribution in [-0.4, -0.2) is 11.2 Å². The SMILES string of the molecule is Cc1c(O)ccc(NC(=O)OCc2ccccc2)c1C. The highest BCUT2D eigenvalue weighted by atomic mass is 16.5. The minimum absolute atomic E-state index is 0.214. The summed E-state index contributed by atoms with van der Waals surface area (Å²) in [5.74, 6) is 0.214. The van der Waals surface area contributed by atoms with E-state index in [1.165, 1.54) is 0 Å². The van der Waals surface area contributed by atoms with Gasteiger partial charge in [0.1, 0.15) is 12.4 Å². The van der Waals surface area contributed by atoms with Crippen LogP contribution in [0, 0.1) is 13.8 Å². The minimum atomic E-state index is -0.512. The van der Waals surface area contributed by atoms with E-state index < -0.39 is 6.09 Å². The number of amides is 1. The number of anilines is 1. The second-order valence-electron chi connectivity index (χ2n) is 4.57. The summed E-state index contributed by atoms with van der Waals surface area (Å²) in [5.41, 5.74) is 3.13. The van der Waals surface area contributed by atoms with Gasteiger partial charge in [0.2, 0.25) is 0 Å². The molecule has 0 bridgehead atoms. The van der Waals surface area contributed by atoms with Gasteiger partial charge < -0.3 is 9.84 Å². The molecule has 4 nitrogen and oxygen atoms in total. The maximum absolute atomic E-state index is 11.7. The van der Waals surface area contributed by atoms with Crippen LogP contribution in [0.5, 0.6) is 5.75 Å². The number of aromatic hydroxyl groups is 1. The lowest BCUT2D eigenvalue weighted by Crippen LogP contribution is -2.14. The Morgan fingerprint density at radius 3 is 2.50 bits per heavy atom. The zero-order valence-corrected chi connectivity index (χ0v) is 11.5. The third kappa shape index (κ3) is 3.29. The lowest BCUT2D eigenvalue weighted by molar-refractivity contribution is 0.155. The number of ether oxygens (including phenoxy) is 1. The van der Waals surface area contributed by atoms with Crippen LogP contribution in [0.15, 0.2) is 42.5 Å². The van der Waals surface area contributed by atoms with Crippen molar-refractivity contribution in [3.8, 4) is 5.75 Å². The molecule has 2 N–H and O–H groups in total. The maximum Gasteiger partial charge on any atom is 0.411 e. The molecule has 0 aliphatic heterocycles. The highest BCUT2D eigenvalue weighted by molar-refractivity contribution is 5.86. The molecule has 0 aliphatic carbocycles. The van der Waals surface area contributed by atoms with Crippen molar-refractivity contribution >= 4 is 11.8 Å². The van der Waals surface area contributed by atoms with Gasteiger partial charge in [0.15, 0.2) is 0 Å². The maximum atomic E-state index is 11.7. The van der Waals surface area contributed by atoms with Gasteiger partial charge in [-0.3, -0.25) is 5.32 Å². The number of hydrogen-bond acceptors (Lipinski definition) is 3. The Hall–Kier alpha value is -2.49. The van der Waals surface area contributed by atoms with Crippen LogP contribution in [0.3, 0.4) is 0 Å². The Bertz CT molecular complexity index is 609. The molecule has 1 amide bonds. The number of rotatable bonds is 3. The summed E-state index contributed by atoms with van der Waals surface area (Å²) in [6.45, 7) is 3.86. The summed E-state index contributed by atoms with van der Waals surface area (Å²) in [4.78, 5) is 11.7. The van der Waals surface area contributed by atoms with E-state index in [0.29, 0.717) is 5.69 Å². The van der Waals surface area contributed by atoms with Crippen molar-refractivity contribution < 1.29 is 14.6 Å². The van der Waals surface area contributed by atoms with Gasteiger partial charge in [0, 0.05) is 5.69 Å². The molecule has 0 heterocycles. The average molecular weight is 271 g/mol. The summed E-state index contributed by atoms with van der Waals surface area (Å²) in [5, 5.41) is 12.2. The number of hydrogen-bond donors (Lipinski definition) is 2. The van der Waals surface area contributed by atoms with Gasteiger partial charge in [0.25, 0.3) is 0 Å². The Kier molecular flexibility index (Phi) is 4.25. The van der Waals surface area contributed by atoms with Gasteiger partial charge in [-0.2, -0.15) is 0 Å². The van der Waals surface area contributed by atoms with Gasteiger partial charge >= 0.3 is 6.09 Å². The highest BCUT2D eigenvalue weighted by Gasteiger charge is 2.09. The molecular formula is C16H17NO3. The van der Waals surface area contributed by atoms with Crippen molar-refractivity contribution in [2.24, 2.45) is 0 Å². The molecule has 2 aromatic carbocycles. The number of carbonyl (C=O) groups is 1. The van der Waals surface area contributed by atoms with Crippen molar-refractivity contribution in [3.63, 3.8) is 0 Å². The monoisotopic (exact) mass is 271 g/mol. The topological polar surface area (TPSA) is 58.6 Å². The molecule has 0 fully saturated rings. The first-order valence-electron chi connectivity index (χ1n) is 6.35. The molecule has 4 heteroatoms. The van der Waals surface area contributed by atoms with Gasteiger partial charge in [-0.15, -0.1) is 0 Å². The quantitative estimate of drug-likeness (QED) is 0.836. The fourth-order valence-corrected chi connectivity index (χ4v) is 1.81. The van der Waals surface area contributed by atoms with Crippen molar-refractivity contribution in [1.82, 2.24) is 0 Å². The summed E-state index contributed by atoms with van der Waals surface area (Å²) < 4.78 is 5.14. The van der Waals surface area contributed by atoms with Crippen LogP contribution < -0.4 is 5.32 Å². The first-order valence-corrected chi connectivity index (χ1v) is 6.35. The summed E-state index contributed by atoms with van der Waals surface area (Å²) >= 11 is 0. The standard InChI is InChI=1S/C16H17NO3/c1-11-12(2)15(18)9-8-14(11)17-16(19)20-10-13-6-4-3-5-7-13/h3-9,18H,10H2,1-2H3,(H,17,19). The highest BCUT2D eigenvalue weighted by Crippen LogP contribution is 2.26. The Morgan fingerprint density at radius 1 is 1.10 bits per heavy atom. The van der Waals surface area contributed by atoms with E-state index in [4.69, 9.17) is 4.74 Å². The van der Waals surface area contributed by atoms with E-state index in [1.807, 2.05) is 37.3 Å². The van der Waals surface area contributed by atoms with Crippen molar-refractivity contribution in [3.05, 3.63) is 59.2 Å². The molecule has 0 aliphatic rings. The van der Waals surface area contributed by atoms with E-state index in [2.05, 4.69) is 5.32 Å². The zero-order valence-electron chi connectivity index (χ0n) is 11.5. The van der Waals surface area contributed by atoms with E-state index in [0.717, 1.165) is 16.7 Å². The number of benzene rings is 2. The molecule has 104 valence electrons. The second kappa shape index (κ2) is 6.10. The van der Waals surface area contributed by atoms with Gasteiger partial charge in [0.05, 0.1) is 0 Å². The number of phenols is 1. The predicted molar refractivity (Wildman–Crippen MR) is 77.8 cm³/mol.